The number of rotatable bonds is 5. The molecule has 6 nitrogen and oxygen atoms in total. The smallest absolute Gasteiger partial charge is 0.165 e. The van der Waals surface area contributed by atoms with Gasteiger partial charge in [-0.05, 0) is 25.7 Å². The monoisotopic (exact) mass is 303 g/mol. The van der Waals surface area contributed by atoms with E-state index in [1.165, 1.54) is 38.4 Å². The fourth-order valence-electron chi connectivity index (χ4n) is 3.61. The first kappa shape index (κ1) is 15.2. The molecule has 22 heavy (non-hydrogen) atoms. The van der Waals surface area contributed by atoms with Crippen LogP contribution < -0.4 is 5.73 Å². The normalized spacial score (nSPS) is 19.4. The summed E-state index contributed by atoms with van der Waals surface area (Å²) >= 11 is 0. The van der Waals surface area contributed by atoms with E-state index in [0.29, 0.717) is 17.0 Å². The molecule has 1 fully saturated rings. The van der Waals surface area contributed by atoms with Crippen molar-refractivity contribution in [1.29, 1.82) is 0 Å². The lowest BCUT2D eigenvalue weighted by Gasteiger charge is -2.26. The Balaban J connectivity index is 1.79. The Hall–Kier alpha value is -1.69. The molecule has 2 aromatic rings. The van der Waals surface area contributed by atoms with Gasteiger partial charge in [0.25, 0.3) is 0 Å². The van der Waals surface area contributed by atoms with E-state index in [1.54, 1.807) is 6.33 Å². The Bertz CT molecular complexity index is 618. The van der Waals surface area contributed by atoms with Gasteiger partial charge in [-0.15, -0.1) is 0 Å². The third-order valence-electron chi connectivity index (χ3n) is 4.90. The summed E-state index contributed by atoms with van der Waals surface area (Å²) in [6.07, 6.45) is 11.6. The van der Waals surface area contributed by atoms with E-state index in [4.69, 9.17) is 5.73 Å². The highest BCUT2D eigenvalue weighted by molar-refractivity contribution is 5.81. The summed E-state index contributed by atoms with van der Waals surface area (Å²) in [6, 6.07) is -0.0128. The van der Waals surface area contributed by atoms with Crippen LogP contribution in [0.4, 0.5) is 5.82 Å². The van der Waals surface area contributed by atoms with Crippen LogP contribution >= 0.6 is 0 Å². The maximum atomic E-state index is 10.2. The Morgan fingerprint density at radius 2 is 2.05 bits per heavy atom. The molecule has 0 unspecified atom stereocenters. The van der Waals surface area contributed by atoms with Crippen molar-refractivity contribution in [2.24, 2.45) is 5.92 Å². The lowest BCUT2D eigenvalue weighted by Crippen LogP contribution is -2.22. The zero-order chi connectivity index (χ0) is 15.5. The maximum absolute atomic E-state index is 10.2. The molecule has 0 spiro atoms. The Morgan fingerprint density at radius 1 is 1.27 bits per heavy atom. The van der Waals surface area contributed by atoms with Gasteiger partial charge in [0.15, 0.2) is 11.5 Å². The summed E-state index contributed by atoms with van der Waals surface area (Å²) in [6.45, 7) is 1.84. The summed E-state index contributed by atoms with van der Waals surface area (Å²) in [7, 11) is 0. The van der Waals surface area contributed by atoms with Gasteiger partial charge in [-0.1, -0.05) is 32.1 Å². The van der Waals surface area contributed by atoms with E-state index in [1.807, 2.05) is 11.5 Å². The highest BCUT2D eigenvalue weighted by Gasteiger charge is 2.23. The molecule has 1 aliphatic rings. The number of imidazole rings is 1. The molecular weight excluding hydrogens is 278 g/mol. The van der Waals surface area contributed by atoms with Crippen molar-refractivity contribution in [1.82, 2.24) is 19.5 Å². The number of aromatic nitrogens is 4. The fourth-order valence-corrected chi connectivity index (χ4v) is 3.61. The first-order chi connectivity index (χ1) is 10.7. The number of hydrogen-bond donors (Lipinski definition) is 2. The third kappa shape index (κ3) is 3.06. The Kier molecular flexibility index (Phi) is 4.57. The van der Waals surface area contributed by atoms with E-state index in [2.05, 4.69) is 15.0 Å². The van der Waals surface area contributed by atoms with Crippen molar-refractivity contribution in [2.45, 2.75) is 64.0 Å². The lowest BCUT2D eigenvalue weighted by atomic mass is 9.85. The molecule has 0 aliphatic heterocycles. The van der Waals surface area contributed by atoms with E-state index < -0.39 is 6.10 Å². The van der Waals surface area contributed by atoms with Crippen molar-refractivity contribution >= 4 is 17.0 Å². The Labute approximate surface area is 130 Å². The summed E-state index contributed by atoms with van der Waals surface area (Å²) in [4.78, 5) is 12.6. The number of aliphatic hydroxyl groups excluding tert-OH is 1. The molecule has 0 amide bonds. The van der Waals surface area contributed by atoms with Crippen LogP contribution in [0.1, 0.15) is 57.9 Å². The van der Waals surface area contributed by atoms with E-state index >= 15 is 0 Å². The minimum Gasteiger partial charge on any atom is -0.391 e. The predicted molar refractivity (Wildman–Crippen MR) is 86.3 cm³/mol. The first-order valence-corrected chi connectivity index (χ1v) is 8.28. The van der Waals surface area contributed by atoms with Crippen molar-refractivity contribution in [3.05, 3.63) is 12.7 Å². The van der Waals surface area contributed by atoms with Crippen LogP contribution in [0.2, 0.25) is 0 Å². The van der Waals surface area contributed by atoms with Gasteiger partial charge in [-0.2, -0.15) is 0 Å². The van der Waals surface area contributed by atoms with Crippen LogP contribution in [-0.4, -0.2) is 30.7 Å². The second kappa shape index (κ2) is 6.60. The summed E-state index contributed by atoms with van der Waals surface area (Å²) in [5.41, 5.74) is 7.17. The predicted octanol–water partition coefficient (Wildman–Crippen LogP) is 2.69. The van der Waals surface area contributed by atoms with Crippen LogP contribution in [0, 0.1) is 5.92 Å². The van der Waals surface area contributed by atoms with Gasteiger partial charge in [0.05, 0.1) is 18.5 Å². The van der Waals surface area contributed by atoms with Gasteiger partial charge in [-0.3, -0.25) is 0 Å². The molecule has 2 aromatic heterocycles. The van der Waals surface area contributed by atoms with E-state index in [9.17, 15) is 5.11 Å². The van der Waals surface area contributed by atoms with Crippen LogP contribution in [0.3, 0.4) is 0 Å². The zero-order valence-corrected chi connectivity index (χ0v) is 13.1. The number of nitrogens with zero attached hydrogens (tertiary/aromatic N) is 4. The summed E-state index contributed by atoms with van der Waals surface area (Å²) in [5.74, 6) is 1.19. The van der Waals surface area contributed by atoms with Gasteiger partial charge in [0, 0.05) is 0 Å². The minimum atomic E-state index is -0.447. The number of anilines is 1. The number of nitrogen functional groups attached to an aromatic ring is 1. The summed E-state index contributed by atoms with van der Waals surface area (Å²) in [5, 5.41) is 10.2. The molecule has 0 saturated heterocycles. The van der Waals surface area contributed by atoms with Crippen molar-refractivity contribution in [3.8, 4) is 0 Å². The van der Waals surface area contributed by atoms with Crippen molar-refractivity contribution in [2.75, 3.05) is 5.73 Å². The topological polar surface area (TPSA) is 89.8 Å². The van der Waals surface area contributed by atoms with E-state index in [-0.39, 0.29) is 6.04 Å². The molecule has 1 aliphatic carbocycles. The quantitative estimate of drug-likeness (QED) is 0.886. The molecule has 6 heteroatoms. The molecule has 0 aromatic carbocycles. The number of fused-ring (bicyclic) bond motifs is 1. The highest BCUT2D eigenvalue weighted by atomic mass is 16.3. The number of hydrogen-bond acceptors (Lipinski definition) is 5. The van der Waals surface area contributed by atoms with Gasteiger partial charge in [-0.25, -0.2) is 15.0 Å². The third-order valence-corrected chi connectivity index (χ3v) is 4.90. The number of nitrogens with two attached hydrogens (primary N) is 1. The number of aliphatic hydroxyl groups is 1. The van der Waals surface area contributed by atoms with Crippen molar-refractivity contribution in [3.63, 3.8) is 0 Å². The first-order valence-electron chi connectivity index (χ1n) is 8.28. The molecule has 120 valence electrons. The van der Waals surface area contributed by atoms with Gasteiger partial charge < -0.3 is 15.4 Å². The summed E-state index contributed by atoms with van der Waals surface area (Å²) < 4.78 is 1.96. The largest absolute Gasteiger partial charge is 0.391 e. The van der Waals surface area contributed by atoms with Gasteiger partial charge >= 0.3 is 0 Å². The lowest BCUT2D eigenvalue weighted by molar-refractivity contribution is 0.119. The standard InChI is InChI=1S/C16H25N5O/c1-11(22)13(8-7-12-5-3-2-4-6-12)21-10-20-14-15(17)18-9-19-16(14)21/h9-13,22H,2-8H2,1H3,(H2,17,18,19)/t11-,13+/m0/s1. The van der Waals surface area contributed by atoms with Gasteiger partial charge in [0.2, 0.25) is 0 Å². The average Bonchev–Trinajstić information content (AvgIpc) is 2.94. The van der Waals surface area contributed by atoms with Crippen LogP contribution in [-0.2, 0) is 0 Å². The fraction of sp³-hybridized carbons (Fsp3) is 0.688. The Morgan fingerprint density at radius 3 is 2.77 bits per heavy atom. The van der Waals surface area contributed by atoms with E-state index in [0.717, 1.165) is 18.8 Å². The highest BCUT2D eigenvalue weighted by Crippen LogP contribution is 2.31. The van der Waals surface area contributed by atoms with Crippen LogP contribution in [0.5, 0.6) is 0 Å². The van der Waals surface area contributed by atoms with Crippen LogP contribution in [0.15, 0.2) is 12.7 Å². The molecule has 1 saturated carbocycles. The van der Waals surface area contributed by atoms with Gasteiger partial charge in [0.1, 0.15) is 11.8 Å². The minimum absolute atomic E-state index is 0.0128. The molecule has 2 heterocycles. The zero-order valence-electron chi connectivity index (χ0n) is 13.1. The second-order valence-electron chi connectivity index (χ2n) is 6.47. The molecule has 0 radical (unpaired) electrons. The maximum Gasteiger partial charge on any atom is 0.165 e. The molecular formula is C16H25N5O. The molecule has 3 rings (SSSR count). The average molecular weight is 303 g/mol. The SMILES string of the molecule is C[C@H](O)[C@@H](CCC1CCCCC1)n1cnc2c(N)ncnc21. The van der Waals surface area contributed by atoms with Crippen molar-refractivity contribution < 1.29 is 5.11 Å². The molecule has 3 N–H and O–H groups in total. The second-order valence-corrected chi connectivity index (χ2v) is 6.47. The molecule has 0 bridgehead atoms. The van der Waals surface area contributed by atoms with Crippen LogP contribution in [0.25, 0.3) is 11.2 Å². The molecule has 2 atom stereocenters.